The third-order valence-electron chi connectivity index (χ3n) is 4.36. The Balaban J connectivity index is 1.72. The Bertz CT molecular complexity index is 739. The average Bonchev–Trinajstić information content (AvgIpc) is 3.15. The van der Waals surface area contributed by atoms with Crippen LogP contribution in [0.2, 0.25) is 0 Å². The lowest BCUT2D eigenvalue weighted by atomic mass is 9.87. The number of hydrogen-bond donors (Lipinski definition) is 2. The summed E-state index contributed by atoms with van der Waals surface area (Å²) in [6, 6.07) is 4.80. The first-order chi connectivity index (χ1) is 11.5. The van der Waals surface area contributed by atoms with Crippen molar-refractivity contribution in [3.05, 3.63) is 52.9 Å². The number of carbonyl (C=O) groups is 1. The first-order valence-corrected chi connectivity index (χ1v) is 7.92. The van der Waals surface area contributed by atoms with E-state index in [2.05, 4.69) is 15.8 Å². The molecule has 24 heavy (non-hydrogen) atoms. The first kappa shape index (κ1) is 16.4. The molecule has 5 nitrogen and oxygen atoms in total. The van der Waals surface area contributed by atoms with Gasteiger partial charge >= 0.3 is 6.03 Å². The van der Waals surface area contributed by atoms with Crippen molar-refractivity contribution in [1.82, 2.24) is 15.8 Å². The zero-order chi connectivity index (χ0) is 17.2. The number of aryl methyl sites for hydroxylation is 1. The van der Waals surface area contributed by atoms with Crippen LogP contribution < -0.4 is 10.6 Å². The van der Waals surface area contributed by atoms with Crippen LogP contribution in [-0.4, -0.2) is 11.2 Å². The summed E-state index contributed by atoms with van der Waals surface area (Å²) < 4.78 is 32.3. The fourth-order valence-corrected chi connectivity index (χ4v) is 3.25. The largest absolute Gasteiger partial charge is 0.361 e. The van der Waals surface area contributed by atoms with Gasteiger partial charge in [0.05, 0.1) is 12.1 Å². The lowest BCUT2D eigenvalue weighted by Crippen LogP contribution is -2.48. The summed E-state index contributed by atoms with van der Waals surface area (Å²) in [6.07, 6.45) is 2.98. The van der Waals surface area contributed by atoms with Crippen LogP contribution in [0.1, 0.15) is 42.7 Å². The molecule has 0 saturated heterocycles. The molecule has 0 atom stereocenters. The van der Waals surface area contributed by atoms with E-state index in [-0.39, 0.29) is 6.54 Å². The minimum Gasteiger partial charge on any atom is -0.361 e. The van der Waals surface area contributed by atoms with Gasteiger partial charge in [-0.3, -0.25) is 0 Å². The molecule has 128 valence electrons. The lowest BCUT2D eigenvalue weighted by molar-refractivity contribution is 0.222. The second-order valence-corrected chi connectivity index (χ2v) is 6.15. The van der Waals surface area contributed by atoms with Gasteiger partial charge in [0, 0.05) is 17.7 Å². The average molecular weight is 335 g/mol. The molecule has 0 radical (unpaired) electrons. The number of aromatic nitrogens is 1. The zero-order valence-electron chi connectivity index (χ0n) is 13.4. The highest BCUT2D eigenvalue weighted by Gasteiger charge is 2.39. The summed E-state index contributed by atoms with van der Waals surface area (Å²) in [5, 5.41) is 9.37. The maximum Gasteiger partial charge on any atom is 0.315 e. The number of rotatable bonds is 4. The van der Waals surface area contributed by atoms with Crippen molar-refractivity contribution in [2.24, 2.45) is 0 Å². The van der Waals surface area contributed by atoms with Crippen molar-refractivity contribution in [3.63, 3.8) is 0 Å². The highest BCUT2D eigenvalue weighted by Crippen LogP contribution is 2.40. The summed E-state index contributed by atoms with van der Waals surface area (Å²) in [5.74, 6) is -0.604. The summed E-state index contributed by atoms with van der Waals surface area (Å²) in [7, 11) is 0. The van der Waals surface area contributed by atoms with Gasteiger partial charge in [0.2, 0.25) is 0 Å². The molecule has 1 aromatic carbocycles. The molecule has 2 N–H and O–H groups in total. The van der Waals surface area contributed by atoms with Crippen molar-refractivity contribution in [2.75, 3.05) is 0 Å². The monoisotopic (exact) mass is 335 g/mol. The van der Waals surface area contributed by atoms with Crippen LogP contribution >= 0.6 is 0 Å². The minimum absolute atomic E-state index is 0.213. The molecule has 1 aliphatic carbocycles. The quantitative estimate of drug-likeness (QED) is 0.898. The number of nitrogens with one attached hydrogen (secondary N) is 2. The van der Waals surface area contributed by atoms with Crippen LogP contribution in [0.15, 0.2) is 28.8 Å². The van der Waals surface area contributed by atoms with Gasteiger partial charge in [-0.05, 0) is 25.8 Å². The predicted octanol–water partition coefficient (Wildman–Crippen LogP) is 3.53. The third-order valence-corrected chi connectivity index (χ3v) is 4.36. The molecule has 1 fully saturated rings. The van der Waals surface area contributed by atoms with Crippen molar-refractivity contribution >= 4 is 6.03 Å². The fraction of sp³-hybridized carbons (Fsp3) is 0.412. The third kappa shape index (κ3) is 3.39. The number of amides is 2. The number of nitrogens with zero attached hydrogens (tertiary/aromatic N) is 1. The Labute approximate surface area is 138 Å². The van der Waals surface area contributed by atoms with E-state index in [4.69, 9.17) is 4.52 Å². The molecule has 2 amide bonds. The molecule has 0 aliphatic heterocycles. The molecule has 0 spiro atoms. The second-order valence-electron chi connectivity index (χ2n) is 6.15. The highest BCUT2D eigenvalue weighted by atomic mass is 19.1. The van der Waals surface area contributed by atoms with E-state index in [9.17, 15) is 13.6 Å². The standard InChI is InChI=1S/C17H19F2N3O2/c1-11-8-13(22-24-11)10-20-16(23)21-17(6-2-3-7-17)14-5-4-12(18)9-15(14)19/h4-5,8-9H,2-3,6-7,10H2,1H3,(H2,20,21,23). The molecular weight excluding hydrogens is 316 g/mol. The van der Waals surface area contributed by atoms with E-state index in [1.807, 2.05) is 0 Å². The number of benzene rings is 1. The van der Waals surface area contributed by atoms with E-state index in [1.54, 1.807) is 13.0 Å². The Kier molecular flexibility index (Phi) is 4.51. The number of halogens is 2. The Morgan fingerprint density at radius 2 is 2.04 bits per heavy atom. The van der Waals surface area contributed by atoms with Gasteiger partial charge in [-0.2, -0.15) is 0 Å². The normalized spacial score (nSPS) is 16.1. The molecule has 7 heteroatoms. The molecule has 0 bridgehead atoms. The van der Waals surface area contributed by atoms with Gasteiger partial charge < -0.3 is 15.2 Å². The predicted molar refractivity (Wildman–Crippen MR) is 83.1 cm³/mol. The number of carbonyl (C=O) groups excluding carboxylic acids is 1. The SMILES string of the molecule is Cc1cc(CNC(=O)NC2(c3ccc(F)cc3F)CCCC2)no1. The Morgan fingerprint density at radius 1 is 1.29 bits per heavy atom. The van der Waals surface area contributed by atoms with Crippen LogP contribution in [0.25, 0.3) is 0 Å². The molecule has 2 aromatic rings. The molecule has 1 aromatic heterocycles. The van der Waals surface area contributed by atoms with Gasteiger partial charge in [0.15, 0.2) is 0 Å². The van der Waals surface area contributed by atoms with E-state index >= 15 is 0 Å². The van der Waals surface area contributed by atoms with Crippen molar-refractivity contribution < 1.29 is 18.1 Å². The first-order valence-electron chi connectivity index (χ1n) is 7.92. The van der Waals surface area contributed by atoms with Gasteiger partial charge in [0.25, 0.3) is 0 Å². The van der Waals surface area contributed by atoms with E-state index in [0.717, 1.165) is 18.9 Å². The van der Waals surface area contributed by atoms with Crippen LogP contribution in [0.5, 0.6) is 0 Å². The van der Waals surface area contributed by atoms with Gasteiger partial charge in [-0.15, -0.1) is 0 Å². The minimum atomic E-state index is -0.804. The Hall–Kier alpha value is -2.44. The second kappa shape index (κ2) is 6.59. The lowest BCUT2D eigenvalue weighted by Gasteiger charge is -2.31. The van der Waals surface area contributed by atoms with E-state index in [1.165, 1.54) is 12.1 Å². The highest BCUT2D eigenvalue weighted by molar-refractivity contribution is 5.75. The van der Waals surface area contributed by atoms with Gasteiger partial charge in [0.1, 0.15) is 23.1 Å². The molecule has 0 unspecified atom stereocenters. The maximum absolute atomic E-state index is 14.2. The Morgan fingerprint density at radius 3 is 2.67 bits per heavy atom. The van der Waals surface area contributed by atoms with Gasteiger partial charge in [-0.25, -0.2) is 13.6 Å². The number of urea groups is 1. The zero-order valence-corrected chi connectivity index (χ0v) is 13.4. The van der Waals surface area contributed by atoms with E-state index < -0.39 is 23.2 Å². The van der Waals surface area contributed by atoms with Crippen LogP contribution in [0.3, 0.4) is 0 Å². The summed E-state index contributed by atoms with van der Waals surface area (Å²) >= 11 is 0. The molecule has 3 rings (SSSR count). The van der Waals surface area contributed by atoms with Crippen molar-refractivity contribution in [2.45, 2.75) is 44.7 Å². The molecular formula is C17H19F2N3O2. The summed E-state index contributed by atoms with van der Waals surface area (Å²) in [6.45, 7) is 1.98. The topological polar surface area (TPSA) is 67.2 Å². The van der Waals surface area contributed by atoms with Crippen LogP contribution in [0.4, 0.5) is 13.6 Å². The molecule has 1 heterocycles. The van der Waals surface area contributed by atoms with Crippen molar-refractivity contribution in [1.29, 1.82) is 0 Å². The smallest absolute Gasteiger partial charge is 0.315 e. The van der Waals surface area contributed by atoms with Crippen molar-refractivity contribution in [3.8, 4) is 0 Å². The van der Waals surface area contributed by atoms with E-state index in [0.29, 0.717) is 29.9 Å². The maximum atomic E-state index is 14.2. The van der Waals surface area contributed by atoms with Gasteiger partial charge in [-0.1, -0.05) is 24.1 Å². The molecule has 1 saturated carbocycles. The summed E-state index contributed by atoms with van der Waals surface area (Å²) in [5.41, 5.74) is 0.131. The molecule has 1 aliphatic rings. The fourth-order valence-electron chi connectivity index (χ4n) is 3.25. The number of hydrogen-bond acceptors (Lipinski definition) is 3. The summed E-state index contributed by atoms with van der Waals surface area (Å²) in [4.78, 5) is 12.3. The van der Waals surface area contributed by atoms with Crippen LogP contribution in [-0.2, 0) is 12.1 Å². The van der Waals surface area contributed by atoms with Crippen LogP contribution in [0, 0.1) is 18.6 Å².